The summed E-state index contributed by atoms with van der Waals surface area (Å²) in [7, 11) is 0. The summed E-state index contributed by atoms with van der Waals surface area (Å²) in [5.74, 6) is 0.0994. The van der Waals surface area contributed by atoms with Crippen molar-refractivity contribution in [3.05, 3.63) is 29.3 Å². The van der Waals surface area contributed by atoms with Crippen LogP contribution in [0.3, 0.4) is 0 Å². The largest absolute Gasteiger partial charge is 0.330 e. The number of amides is 1. The summed E-state index contributed by atoms with van der Waals surface area (Å²) >= 11 is 0. The van der Waals surface area contributed by atoms with Crippen LogP contribution < -0.4 is 11.1 Å². The molecule has 3 N–H and O–H groups in total. The Labute approximate surface area is 121 Å². The molecule has 0 bridgehead atoms. The van der Waals surface area contributed by atoms with Gasteiger partial charge in [0.1, 0.15) is 0 Å². The number of benzene rings is 1. The average Bonchev–Trinajstić information content (AvgIpc) is 2.38. The minimum Gasteiger partial charge on any atom is -0.330 e. The molecule has 0 spiro atoms. The van der Waals surface area contributed by atoms with Crippen LogP contribution in [-0.4, -0.2) is 12.5 Å². The summed E-state index contributed by atoms with van der Waals surface area (Å²) in [6.45, 7) is 4.71. The first-order valence-electron chi connectivity index (χ1n) is 7.61. The molecular formula is C17H26N2O. The lowest BCUT2D eigenvalue weighted by Gasteiger charge is -2.35. The Morgan fingerprint density at radius 3 is 2.30 bits per heavy atom. The van der Waals surface area contributed by atoms with Gasteiger partial charge in [-0.3, -0.25) is 4.79 Å². The summed E-state index contributed by atoms with van der Waals surface area (Å²) < 4.78 is 0. The lowest BCUT2D eigenvalue weighted by atomic mass is 9.71. The molecule has 0 heterocycles. The molecule has 0 radical (unpaired) electrons. The van der Waals surface area contributed by atoms with Crippen molar-refractivity contribution in [2.75, 3.05) is 11.9 Å². The number of rotatable bonds is 4. The Balaban J connectivity index is 2.00. The number of anilines is 1. The Morgan fingerprint density at radius 1 is 1.15 bits per heavy atom. The molecule has 3 heteroatoms. The van der Waals surface area contributed by atoms with Crippen molar-refractivity contribution in [2.24, 2.45) is 11.1 Å². The van der Waals surface area contributed by atoms with E-state index in [1.807, 2.05) is 26.0 Å². The van der Waals surface area contributed by atoms with E-state index in [2.05, 4.69) is 11.4 Å². The lowest BCUT2D eigenvalue weighted by Crippen LogP contribution is -2.36. The van der Waals surface area contributed by atoms with Gasteiger partial charge in [-0.05, 0) is 61.9 Å². The van der Waals surface area contributed by atoms with Gasteiger partial charge in [0.2, 0.25) is 5.91 Å². The summed E-state index contributed by atoms with van der Waals surface area (Å²) in [6, 6.07) is 6.14. The number of nitrogens with two attached hydrogens (primary N) is 1. The molecule has 1 aromatic carbocycles. The third-order valence-electron chi connectivity index (χ3n) is 4.39. The van der Waals surface area contributed by atoms with Gasteiger partial charge in [0.25, 0.3) is 0 Å². The highest BCUT2D eigenvalue weighted by Crippen LogP contribution is 2.38. The number of aryl methyl sites for hydroxylation is 2. The van der Waals surface area contributed by atoms with Crippen LogP contribution in [0.25, 0.3) is 0 Å². The van der Waals surface area contributed by atoms with Gasteiger partial charge in [0.15, 0.2) is 0 Å². The van der Waals surface area contributed by atoms with Gasteiger partial charge >= 0.3 is 0 Å². The zero-order chi connectivity index (χ0) is 14.6. The smallest absolute Gasteiger partial charge is 0.224 e. The molecule has 3 nitrogen and oxygen atoms in total. The molecule has 1 saturated carbocycles. The van der Waals surface area contributed by atoms with Crippen molar-refractivity contribution in [1.29, 1.82) is 0 Å². The minimum absolute atomic E-state index is 0.0290. The van der Waals surface area contributed by atoms with Crippen LogP contribution in [0.2, 0.25) is 0 Å². The molecule has 20 heavy (non-hydrogen) atoms. The SMILES string of the molecule is Cc1cc(C)cc(NC(=O)CC2(CN)CCCCC2)c1. The Bertz CT molecular complexity index is 456. The van der Waals surface area contributed by atoms with E-state index < -0.39 is 0 Å². The quantitative estimate of drug-likeness (QED) is 0.882. The van der Waals surface area contributed by atoms with Crippen molar-refractivity contribution in [3.63, 3.8) is 0 Å². The van der Waals surface area contributed by atoms with Crippen LogP contribution in [-0.2, 0) is 4.79 Å². The molecule has 1 aliphatic rings. The van der Waals surface area contributed by atoms with E-state index in [0.717, 1.165) is 18.5 Å². The molecule has 0 atom stereocenters. The summed E-state index contributed by atoms with van der Waals surface area (Å²) in [4.78, 5) is 12.3. The van der Waals surface area contributed by atoms with Gasteiger partial charge in [-0.1, -0.05) is 25.3 Å². The molecule has 2 rings (SSSR count). The molecule has 1 aliphatic carbocycles. The summed E-state index contributed by atoms with van der Waals surface area (Å²) in [6.07, 6.45) is 6.41. The maximum atomic E-state index is 12.3. The second-order valence-electron chi connectivity index (χ2n) is 6.37. The summed E-state index contributed by atoms with van der Waals surface area (Å²) in [5.41, 5.74) is 9.22. The molecular weight excluding hydrogens is 248 g/mol. The molecule has 0 unspecified atom stereocenters. The van der Waals surface area contributed by atoms with Crippen LogP contribution in [0, 0.1) is 19.3 Å². The minimum atomic E-state index is 0.0290. The van der Waals surface area contributed by atoms with Gasteiger partial charge < -0.3 is 11.1 Å². The van der Waals surface area contributed by atoms with Gasteiger partial charge in [-0.15, -0.1) is 0 Å². The van der Waals surface area contributed by atoms with Crippen LogP contribution in [0.4, 0.5) is 5.69 Å². The third-order valence-corrected chi connectivity index (χ3v) is 4.39. The average molecular weight is 274 g/mol. The Morgan fingerprint density at radius 2 is 1.75 bits per heavy atom. The number of nitrogens with one attached hydrogen (secondary N) is 1. The van der Waals surface area contributed by atoms with E-state index in [0.29, 0.717) is 13.0 Å². The van der Waals surface area contributed by atoms with Gasteiger partial charge in [-0.2, -0.15) is 0 Å². The van der Waals surface area contributed by atoms with Crippen molar-refractivity contribution in [3.8, 4) is 0 Å². The van der Waals surface area contributed by atoms with E-state index in [4.69, 9.17) is 5.73 Å². The Kier molecular flexibility index (Phi) is 4.81. The van der Waals surface area contributed by atoms with E-state index in [1.165, 1.54) is 30.4 Å². The van der Waals surface area contributed by atoms with E-state index in [9.17, 15) is 4.79 Å². The van der Waals surface area contributed by atoms with Crippen molar-refractivity contribution < 1.29 is 4.79 Å². The molecule has 1 aromatic rings. The third kappa shape index (κ3) is 3.83. The second kappa shape index (κ2) is 6.40. The van der Waals surface area contributed by atoms with Crippen molar-refractivity contribution >= 4 is 11.6 Å². The predicted molar refractivity (Wildman–Crippen MR) is 83.7 cm³/mol. The van der Waals surface area contributed by atoms with Crippen molar-refractivity contribution in [1.82, 2.24) is 0 Å². The molecule has 110 valence electrons. The predicted octanol–water partition coefficient (Wildman–Crippen LogP) is 3.54. The summed E-state index contributed by atoms with van der Waals surface area (Å²) in [5, 5.41) is 3.04. The van der Waals surface area contributed by atoms with Gasteiger partial charge in [0.05, 0.1) is 0 Å². The topological polar surface area (TPSA) is 55.1 Å². The standard InChI is InChI=1S/C17H26N2O/c1-13-8-14(2)10-15(9-13)19-16(20)11-17(12-18)6-4-3-5-7-17/h8-10H,3-7,11-12,18H2,1-2H3,(H,19,20). The fraction of sp³-hybridized carbons (Fsp3) is 0.588. The normalized spacial score (nSPS) is 17.8. The number of carbonyl (C=O) groups is 1. The number of hydrogen-bond donors (Lipinski definition) is 2. The molecule has 0 saturated heterocycles. The highest BCUT2D eigenvalue weighted by atomic mass is 16.1. The maximum absolute atomic E-state index is 12.3. The fourth-order valence-corrected chi connectivity index (χ4v) is 3.35. The second-order valence-corrected chi connectivity index (χ2v) is 6.37. The zero-order valence-corrected chi connectivity index (χ0v) is 12.7. The highest BCUT2D eigenvalue weighted by molar-refractivity contribution is 5.91. The van der Waals surface area contributed by atoms with Crippen molar-refractivity contribution in [2.45, 2.75) is 52.4 Å². The monoisotopic (exact) mass is 274 g/mol. The van der Waals surface area contributed by atoms with Gasteiger partial charge in [0, 0.05) is 12.1 Å². The number of carbonyl (C=O) groups excluding carboxylic acids is 1. The molecule has 1 amide bonds. The highest BCUT2D eigenvalue weighted by Gasteiger charge is 2.32. The van der Waals surface area contributed by atoms with Crippen LogP contribution in [0.1, 0.15) is 49.7 Å². The first kappa shape index (κ1) is 15.0. The molecule has 1 fully saturated rings. The molecule has 0 aliphatic heterocycles. The maximum Gasteiger partial charge on any atom is 0.224 e. The van der Waals surface area contributed by atoms with Crippen LogP contribution in [0.5, 0.6) is 0 Å². The Hall–Kier alpha value is -1.35. The molecule has 0 aromatic heterocycles. The van der Waals surface area contributed by atoms with Gasteiger partial charge in [-0.25, -0.2) is 0 Å². The number of hydrogen-bond acceptors (Lipinski definition) is 2. The van der Waals surface area contributed by atoms with Crippen LogP contribution in [0.15, 0.2) is 18.2 Å². The lowest BCUT2D eigenvalue weighted by molar-refractivity contribution is -0.118. The van der Waals surface area contributed by atoms with E-state index >= 15 is 0 Å². The van der Waals surface area contributed by atoms with Crippen LogP contribution >= 0.6 is 0 Å². The zero-order valence-electron chi connectivity index (χ0n) is 12.7. The fourth-order valence-electron chi connectivity index (χ4n) is 3.35. The first-order valence-corrected chi connectivity index (χ1v) is 7.61. The van der Waals surface area contributed by atoms with E-state index in [-0.39, 0.29) is 11.3 Å². The first-order chi connectivity index (χ1) is 9.53. The van der Waals surface area contributed by atoms with E-state index in [1.54, 1.807) is 0 Å².